The molecule has 2 unspecified atom stereocenters. The molecule has 0 aliphatic heterocycles. The second-order valence-corrected chi connectivity index (χ2v) is 9.68. The van der Waals surface area contributed by atoms with E-state index >= 15 is 0 Å². The second-order valence-electron chi connectivity index (χ2n) is 9.68. The number of benzene rings is 3. The molecule has 0 aliphatic carbocycles. The predicted octanol–water partition coefficient (Wildman–Crippen LogP) is 4.55. The molecule has 0 saturated heterocycles. The molecule has 2 N–H and O–H groups in total. The van der Waals surface area contributed by atoms with Crippen molar-refractivity contribution in [1.82, 2.24) is 0 Å². The van der Waals surface area contributed by atoms with Crippen molar-refractivity contribution < 1.29 is 38.7 Å². The zero-order chi connectivity index (χ0) is 28.4. The van der Waals surface area contributed by atoms with Gasteiger partial charge in [-0.3, -0.25) is 0 Å². The van der Waals surface area contributed by atoms with Crippen LogP contribution < -0.4 is 9.47 Å². The van der Waals surface area contributed by atoms with Crippen LogP contribution in [0, 0.1) is 0 Å². The van der Waals surface area contributed by atoms with E-state index in [2.05, 4.69) is 13.8 Å². The molecule has 0 aromatic heterocycles. The number of carbonyl (C=O) groups is 2. The van der Waals surface area contributed by atoms with E-state index in [0.29, 0.717) is 12.2 Å². The van der Waals surface area contributed by atoms with E-state index < -0.39 is 24.1 Å². The monoisotopic (exact) mass is 536 g/mol. The highest BCUT2D eigenvalue weighted by molar-refractivity contribution is 5.93. The highest BCUT2D eigenvalue weighted by Crippen LogP contribution is 2.33. The average molecular weight is 537 g/mol. The smallest absolute Gasteiger partial charge is 0.338 e. The molecule has 0 radical (unpaired) electrons. The van der Waals surface area contributed by atoms with Crippen LogP contribution in [0.5, 0.6) is 11.5 Å². The lowest BCUT2D eigenvalue weighted by atomic mass is 9.78. The summed E-state index contributed by atoms with van der Waals surface area (Å²) < 4.78 is 21.1. The molecule has 3 aromatic carbocycles. The predicted molar refractivity (Wildman–Crippen MR) is 146 cm³/mol. The van der Waals surface area contributed by atoms with Gasteiger partial charge in [-0.25, -0.2) is 9.59 Å². The van der Waals surface area contributed by atoms with Crippen molar-refractivity contribution in [3.05, 3.63) is 95.1 Å². The van der Waals surface area contributed by atoms with Gasteiger partial charge < -0.3 is 29.2 Å². The summed E-state index contributed by atoms with van der Waals surface area (Å²) in [4.78, 5) is 24.3. The van der Waals surface area contributed by atoms with Crippen LogP contribution in [0.4, 0.5) is 0 Å². The molecular formula is C31H36O8. The molecule has 208 valence electrons. The number of rotatable bonds is 13. The van der Waals surface area contributed by atoms with E-state index in [-0.39, 0.29) is 36.4 Å². The highest BCUT2D eigenvalue weighted by Gasteiger charge is 2.23. The topological polar surface area (TPSA) is 112 Å². The maximum absolute atomic E-state index is 12.3. The van der Waals surface area contributed by atoms with Crippen LogP contribution in [0.1, 0.15) is 59.0 Å². The van der Waals surface area contributed by atoms with Gasteiger partial charge in [-0.15, -0.1) is 0 Å². The van der Waals surface area contributed by atoms with Crippen LogP contribution in [0.3, 0.4) is 0 Å². The van der Waals surface area contributed by atoms with Crippen LogP contribution in [0.2, 0.25) is 0 Å². The Bertz CT molecular complexity index is 1200. The fourth-order valence-corrected chi connectivity index (χ4v) is 3.75. The minimum absolute atomic E-state index is 0.0527. The van der Waals surface area contributed by atoms with Crippen molar-refractivity contribution in [1.29, 1.82) is 0 Å². The van der Waals surface area contributed by atoms with E-state index in [1.807, 2.05) is 48.5 Å². The zero-order valence-electron chi connectivity index (χ0n) is 22.8. The molecule has 3 aromatic rings. The lowest BCUT2D eigenvalue weighted by Crippen LogP contribution is -2.25. The van der Waals surface area contributed by atoms with Crippen molar-refractivity contribution >= 4 is 11.9 Å². The third-order valence-corrected chi connectivity index (χ3v) is 6.47. The van der Waals surface area contributed by atoms with Crippen molar-refractivity contribution in [2.75, 3.05) is 26.9 Å². The number of carbonyl (C=O) groups excluding carboxylic acids is 2. The molecule has 3 rings (SSSR count). The van der Waals surface area contributed by atoms with E-state index in [0.717, 1.165) is 16.9 Å². The van der Waals surface area contributed by atoms with Crippen LogP contribution >= 0.6 is 0 Å². The van der Waals surface area contributed by atoms with Gasteiger partial charge in [-0.1, -0.05) is 45.0 Å². The van der Waals surface area contributed by atoms with E-state index in [4.69, 9.17) is 18.9 Å². The van der Waals surface area contributed by atoms with Gasteiger partial charge in [0, 0.05) is 5.41 Å². The molecule has 0 amide bonds. The summed E-state index contributed by atoms with van der Waals surface area (Å²) in [6, 6.07) is 21.4. The molecule has 0 spiro atoms. The Hall–Kier alpha value is -3.88. The molecule has 0 bridgehead atoms. The number of methoxy groups -OCH3 is 1. The molecule has 39 heavy (non-hydrogen) atoms. The summed E-state index contributed by atoms with van der Waals surface area (Å²) >= 11 is 0. The summed E-state index contributed by atoms with van der Waals surface area (Å²) in [5, 5.41) is 19.7. The minimum atomic E-state index is -1.02. The standard InChI is InChI=1S/C31H36O8/c1-5-25(32)18-38-29(34)21-6-8-22(9-7-21)30(35)39-20-26(33)19-37-28-16-12-24(13-17-28)31(2,3)23-10-14-27(36-4)15-11-23/h6-17,25-26,32-33H,5,18-20H2,1-4H3. The normalized spacial score (nSPS) is 12.8. The van der Waals surface area contributed by atoms with Crippen molar-refractivity contribution in [3.63, 3.8) is 0 Å². The van der Waals surface area contributed by atoms with Crippen LogP contribution in [-0.4, -0.2) is 61.3 Å². The van der Waals surface area contributed by atoms with Crippen molar-refractivity contribution in [2.24, 2.45) is 0 Å². The van der Waals surface area contributed by atoms with E-state index in [9.17, 15) is 19.8 Å². The van der Waals surface area contributed by atoms with Crippen LogP contribution in [-0.2, 0) is 14.9 Å². The molecule has 2 atom stereocenters. The number of aliphatic hydroxyl groups is 2. The first-order valence-electron chi connectivity index (χ1n) is 12.8. The van der Waals surface area contributed by atoms with Gasteiger partial charge in [0.2, 0.25) is 0 Å². The Morgan fingerprint density at radius 3 is 1.56 bits per heavy atom. The van der Waals surface area contributed by atoms with Gasteiger partial charge in [-0.2, -0.15) is 0 Å². The molecular weight excluding hydrogens is 500 g/mol. The molecule has 0 saturated carbocycles. The van der Waals surface area contributed by atoms with E-state index in [1.165, 1.54) is 24.3 Å². The number of hydrogen-bond donors (Lipinski definition) is 2. The second kappa shape index (κ2) is 13.8. The molecule has 0 aliphatic rings. The number of esters is 2. The SMILES string of the molecule is CCC(O)COC(=O)c1ccc(C(=O)OCC(O)COc2ccc(C(C)(C)c3ccc(OC)cc3)cc2)cc1. The number of ether oxygens (including phenoxy) is 4. The largest absolute Gasteiger partial charge is 0.497 e. The summed E-state index contributed by atoms with van der Waals surface area (Å²) in [7, 11) is 1.64. The first-order chi connectivity index (χ1) is 18.6. The van der Waals surface area contributed by atoms with Crippen LogP contribution in [0.25, 0.3) is 0 Å². The number of hydrogen-bond acceptors (Lipinski definition) is 8. The molecule has 8 heteroatoms. The van der Waals surface area contributed by atoms with Crippen molar-refractivity contribution in [3.8, 4) is 11.5 Å². The fourth-order valence-electron chi connectivity index (χ4n) is 3.75. The zero-order valence-corrected chi connectivity index (χ0v) is 22.8. The Balaban J connectivity index is 1.45. The quantitative estimate of drug-likeness (QED) is 0.306. The van der Waals surface area contributed by atoms with Crippen molar-refractivity contribution in [2.45, 2.75) is 44.8 Å². The highest BCUT2D eigenvalue weighted by atomic mass is 16.6. The first kappa shape index (κ1) is 29.7. The Morgan fingerprint density at radius 1 is 0.692 bits per heavy atom. The fraction of sp³-hybridized carbons (Fsp3) is 0.355. The van der Waals surface area contributed by atoms with Crippen LogP contribution in [0.15, 0.2) is 72.8 Å². The maximum atomic E-state index is 12.3. The van der Waals surface area contributed by atoms with E-state index in [1.54, 1.807) is 14.0 Å². The summed E-state index contributed by atoms with van der Waals surface area (Å²) in [6.07, 6.45) is -1.26. The van der Waals surface area contributed by atoms with Gasteiger partial charge in [0.15, 0.2) is 0 Å². The third-order valence-electron chi connectivity index (χ3n) is 6.47. The Labute approximate surface area is 229 Å². The lowest BCUT2D eigenvalue weighted by molar-refractivity contribution is 0.0130. The molecule has 8 nitrogen and oxygen atoms in total. The maximum Gasteiger partial charge on any atom is 0.338 e. The lowest BCUT2D eigenvalue weighted by Gasteiger charge is -2.26. The Morgan fingerprint density at radius 2 is 1.13 bits per heavy atom. The summed E-state index contributed by atoms with van der Waals surface area (Å²) in [5.41, 5.74) is 2.50. The third kappa shape index (κ3) is 8.30. The minimum Gasteiger partial charge on any atom is -0.497 e. The molecule has 0 heterocycles. The van der Waals surface area contributed by atoms with Gasteiger partial charge in [0.25, 0.3) is 0 Å². The van der Waals surface area contributed by atoms with Gasteiger partial charge in [-0.05, 0) is 66.1 Å². The first-order valence-corrected chi connectivity index (χ1v) is 12.8. The summed E-state index contributed by atoms with van der Waals surface area (Å²) in [5.74, 6) is 0.166. The molecule has 0 fully saturated rings. The Kier molecular flexibility index (Phi) is 10.5. The number of aliphatic hydroxyl groups excluding tert-OH is 2. The van der Waals surface area contributed by atoms with Gasteiger partial charge in [0.1, 0.15) is 37.4 Å². The van der Waals surface area contributed by atoms with Gasteiger partial charge in [0.05, 0.1) is 24.3 Å². The average Bonchev–Trinajstić information content (AvgIpc) is 2.97. The summed E-state index contributed by atoms with van der Waals surface area (Å²) in [6.45, 7) is 5.67. The van der Waals surface area contributed by atoms with Gasteiger partial charge >= 0.3 is 11.9 Å².